The molecule has 0 radical (unpaired) electrons. The molecule has 1 aromatic heterocycles. The van der Waals surface area contributed by atoms with Crippen LogP contribution in [0.4, 0.5) is 5.82 Å². The molecule has 4 nitrogen and oxygen atoms in total. The number of anilines is 1. The van der Waals surface area contributed by atoms with Gasteiger partial charge >= 0.3 is 0 Å². The minimum absolute atomic E-state index is 0.477. The first-order valence-corrected chi connectivity index (χ1v) is 8.40. The predicted molar refractivity (Wildman–Crippen MR) is 88.3 cm³/mol. The summed E-state index contributed by atoms with van der Waals surface area (Å²) in [4.78, 5) is 8.44. The summed E-state index contributed by atoms with van der Waals surface area (Å²) in [6.45, 7) is 0. The van der Waals surface area contributed by atoms with Gasteiger partial charge < -0.3 is 10.6 Å². The Morgan fingerprint density at radius 3 is 2.53 bits per heavy atom. The lowest BCUT2D eigenvalue weighted by Crippen LogP contribution is -2.37. The molecule has 7 heteroatoms. The molecule has 2 rings (SSSR count). The second kappa shape index (κ2) is 7.50. The first kappa shape index (κ1) is 15.1. The zero-order chi connectivity index (χ0) is 13.7. The highest BCUT2D eigenvalue weighted by Crippen LogP contribution is 2.20. The van der Waals surface area contributed by atoms with Crippen molar-refractivity contribution in [1.29, 1.82) is 0 Å². The van der Waals surface area contributed by atoms with E-state index in [1.165, 1.54) is 38.5 Å². The van der Waals surface area contributed by atoms with Crippen molar-refractivity contribution < 1.29 is 0 Å². The molecular weight excluding hydrogens is 392 g/mol. The standard InChI is InChI=1S/C12H16Br2N4S/c13-9-7-15-11(10(14)17-9)18-12(19)16-8-5-3-1-2-4-6-8/h7-8H,1-6H2,(H2,15,16,18,19). The van der Waals surface area contributed by atoms with Gasteiger partial charge in [-0.05, 0) is 56.9 Å². The number of nitrogens with one attached hydrogen (secondary N) is 2. The Balaban J connectivity index is 1.89. The number of rotatable bonds is 2. The third-order valence-electron chi connectivity index (χ3n) is 3.12. The fourth-order valence-corrected chi connectivity index (χ4v) is 3.36. The molecule has 0 spiro atoms. The second-order valence-corrected chi connectivity index (χ2v) is 6.59. The first-order chi connectivity index (χ1) is 9.15. The molecule has 1 aliphatic carbocycles. The van der Waals surface area contributed by atoms with Crippen molar-refractivity contribution in [3.63, 3.8) is 0 Å². The summed E-state index contributed by atoms with van der Waals surface area (Å²) in [6, 6.07) is 0.477. The van der Waals surface area contributed by atoms with Crippen molar-refractivity contribution in [2.24, 2.45) is 0 Å². The monoisotopic (exact) mass is 406 g/mol. The molecule has 0 aliphatic heterocycles. The second-order valence-electron chi connectivity index (χ2n) is 4.62. The molecule has 0 amide bonds. The van der Waals surface area contributed by atoms with Gasteiger partial charge in [0.25, 0.3) is 0 Å². The molecule has 1 heterocycles. The van der Waals surface area contributed by atoms with E-state index in [9.17, 15) is 0 Å². The molecule has 2 N–H and O–H groups in total. The van der Waals surface area contributed by atoms with Gasteiger partial charge in [0.2, 0.25) is 0 Å². The fraction of sp³-hybridized carbons (Fsp3) is 0.583. The van der Waals surface area contributed by atoms with E-state index in [0.717, 1.165) is 0 Å². The van der Waals surface area contributed by atoms with Crippen LogP contribution in [0, 0.1) is 0 Å². The molecule has 1 aromatic rings. The first-order valence-electron chi connectivity index (χ1n) is 6.40. The third kappa shape index (κ3) is 4.96. The van der Waals surface area contributed by atoms with Gasteiger partial charge in [0.05, 0.1) is 6.20 Å². The number of hydrogen-bond donors (Lipinski definition) is 2. The van der Waals surface area contributed by atoms with Gasteiger partial charge in [-0.2, -0.15) is 0 Å². The maximum absolute atomic E-state index is 5.33. The van der Waals surface area contributed by atoms with Gasteiger partial charge in [0.1, 0.15) is 9.21 Å². The number of nitrogens with zero attached hydrogens (tertiary/aromatic N) is 2. The van der Waals surface area contributed by atoms with Gasteiger partial charge in [0.15, 0.2) is 10.9 Å². The van der Waals surface area contributed by atoms with Crippen LogP contribution in [0.1, 0.15) is 38.5 Å². The number of aromatic nitrogens is 2. The minimum atomic E-state index is 0.477. The number of halogens is 2. The lowest BCUT2D eigenvalue weighted by Gasteiger charge is -2.18. The van der Waals surface area contributed by atoms with Crippen molar-refractivity contribution in [3.05, 3.63) is 15.4 Å². The van der Waals surface area contributed by atoms with Crippen molar-refractivity contribution in [2.75, 3.05) is 5.32 Å². The van der Waals surface area contributed by atoms with Crippen LogP contribution in [0.25, 0.3) is 0 Å². The van der Waals surface area contributed by atoms with E-state index in [0.29, 0.717) is 26.2 Å². The molecule has 1 saturated carbocycles. The summed E-state index contributed by atoms with van der Waals surface area (Å²) >= 11 is 12.0. The smallest absolute Gasteiger partial charge is 0.172 e. The summed E-state index contributed by atoms with van der Waals surface area (Å²) < 4.78 is 1.33. The number of hydrogen-bond acceptors (Lipinski definition) is 3. The van der Waals surface area contributed by atoms with Crippen LogP contribution in [0.2, 0.25) is 0 Å². The van der Waals surface area contributed by atoms with Gasteiger partial charge in [-0.3, -0.25) is 0 Å². The molecule has 0 bridgehead atoms. The molecule has 1 aliphatic rings. The maximum Gasteiger partial charge on any atom is 0.172 e. The highest BCUT2D eigenvalue weighted by atomic mass is 79.9. The summed E-state index contributed by atoms with van der Waals surface area (Å²) in [5, 5.41) is 7.07. The quantitative estimate of drug-likeness (QED) is 0.572. The fourth-order valence-electron chi connectivity index (χ4n) is 2.18. The summed E-state index contributed by atoms with van der Waals surface area (Å²) in [7, 11) is 0. The van der Waals surface area contributed by atoms with E-state index in [2.05, 4.69) is 52.5 Å². The predicted octanol–water partition coefficient (Wildman–Crippen LogP) is 4.01. The molecule has 0 unspecified atom stereocenters. The molecule has 104 valence electrons. The summed E-state index contributed by atoms with van der Waals surface area (Å²) in [5.41, 5.74) is 0. The average molecular weight is 408 g/mol. The van der Waals surface area contributed by atoms with E-state index >= 15 is 0 Å². The molecule has 0 atom stereocenters. The van der Waals surface area contributed by atoms with Crippen molar-refractivity contribution >= 4 is 55.0 Å². The topological polar surface area (TPSA) is 49.8 Å². The van der Waals surface area contributed by atoms with E-state index in [1.54, 1.807) is 6.20 Å². The van der Waals surface area contributed by atoms with Crippen molar-refractivity contribution in [3.8, 4) is 0 Å². The van der Waals surface area contributed by atoms with Crippen molar-refractivity contribution in [1.82, 2.24) is 15.3 Å². The minimum Gasteiger partial charge on any atom is -0.360 e. The Hall–Kier alpha value is -0.270. The Morgan fingerprint density at radius 1 is 1.21 bits per heavy atom. The Bertz CT molecular complexity index is 447. The number of thiocarbonyl (C=S) groups is 1. The third-order valence-corrected chi connectivity index (χ3v) is 4.28. The maximum atomic E-state index is 5.33. The molecule has 0 saturated heterocycles. The molecule has 19 heavy (non-hydrogen) atoms. The van der Waals surface area contributed by atoms with E-state index < -0.39 is 0 Å². The van der Waals surface area contributed by atoms with Gasteiger partial charge in [0, 0.05) is 6.04 Å². The Kier molecular flexibility index (Phi) is 5.97. The highest BCUT2D eigenvalue weighted by molar-refractivity contribution is 9.11. The van der Waals surface area contributed by atoms with Crippen LogP contribution >= 0.6 is 44.1 Å². The molecular formula is C12H16Br2N4S. The van der Waals surface area contributed by atoms with Gasteiger partial charge in [-0.25, -0.2) is 9.97 Å². The SMILES string of the molecule is S=C(Nc1ncc(Br)nc1Br)NC1CCCCCC1. The lowest BCUT2D eigenvalue weighted by molar-refractivity contribution is 0.535. The normalized spacial score (nSPS) is 16.7. The van der Waals surface area contributed by atoms with Crippen LogP contribution in [-0.4, -0.2) is 21.1 Å². The Labute approximate surface area is 135 Å². The van der Waals surface area contributed by atoms with E-state index in [4.69, 9.17) is 12.2 Å². The van der Waals surface area contributed by atoms with Gasteiger partial charge in [-0.1, -0.05) is 25.7 Å². The van der Waals surface area contributed by atoms with Crippen LogP contribution in [0.5, 0.6) is 0 Å². The van der Waals surface area contributed by atoms with Gasteiger partial charge in [-0.15, -0.1) is 0 Å². The summed E-state index contributed by atoms with van der Waals surface area (Å²) in [6.07, 6.45) is 9.25. The average Bonchev–Trinajstić information content (AvgIpc) is 2.61. The summed E-state index contributed by atoms with van der Waals surface area (Å²) in [5.74, 6) is 0.634. The molecule has 1 fully saturated rings. The zero-order valence-electron chi connectivity index (χ0n) is 10.5. The zero-order valence-corrected chi connectivity index (χ0v) is 14.4. The highest BCUT2D eigenvalue weighted by Gasteiger charge is 2.14. The molecule has 0 aromatic carbocycles. The van der Waals surface area contributed by atoms with Crippen LogP contribution in [0.15, 0.2) is 15.4 Å². The van der Waals surface area contributed by atoms with Crippen LogP contribution in [-0.2, 0) is 0 Å². The van der Waals surface area contributed by atoms with Crippen LogP contribution < -0.4 is 10.6 Å². The van der Waals surface area contributed by atoms with E-state index in [1.807, 2.05) is 0 Å². The van der Waals surface area contributed by atoms with E-state index in [-0.39, 0.29) is 0 Å². The van der Waals surface area contributed by atoms with Crippen molar-refractivity contribution in [2.45, 2.75) is 44.6 Å². The van der Waals surface area contributed by atoms with Crippen LogP contribution in [0.3, 0.4) is 0 Å². The lowest BCUT2D eigenvalue weighted by atomic mass is 10.1. The Morgan fingerprint density at radius 2 is 1.89 bits per heavy atom. The largest absolute Gasteiger partial charge is 0.360 e.